The van der Waals surface area contributed by atoms with Gasteiger partial charge in [0.2, 0.25) is 5.91 Å². The van der Waals surface area contributed by atoms with Crippen LogP contribution in [0.15, 0.2) is 60.8 Å². The maximum atomic E-state index is 12.9. The van der Waals surface area contributed by atoms with Crippen molar-refractivity contribution in [3.05, 3.63) is 72.1 Å². The molecule has 0 unspecified atom stereocenters. The molecule has 0 bridgehead atoms. The second-order valence-corrected chi connectivity index (χ2v) is 7.71. The maximum Gasteiger partial charge on any atom is 0.272 e. The summed E-state index contributed by atoms with van der Waals surface area (Å²) in [5, 5.41) is 7.02. The minimum atomic E-state index is -0.300. The third-order valence-electron chi connectivity index (χ3n) is 5.68. The molecule has 2 aromatic carbocycles. The highest BCUT2D eigenvalue weighted by Crippen LogP contribution is 2.24. The fourth-order valence-corrected chi connectivity index (χ4v) is 3.89. The van der Waals surface area contributed by atoms with Crippen molar-refractivity contribution in [2.24, 2.45) is 13.0 Å². The molecule has 0 radical (unpaired) electrons. The number of hydrogen-bond donors (Lipinski definition) is 1. The molecule has 1 aliphatic heterocycles. The molecule has 160 valence electrons. The lowest BCUT2D eigenvalue weighted by atomic mass is 9.96. The standard InChI is InChI=1S/C24H26N4O3/c1-27-22(11-12-26-27)24(30)28-14-13-25-23(29)20(16-28)15-17-3-5-18(6-4-17)19-7-9-21(31-2)10-8-19/h3-12,20H,13-16H2,1-2H3,(H,25,29)/t20-/m1/s1. The molecular formula is C24H26N4O3. The first-order valence-corrected chi connectivity index (χ1v) is 10.3. The second-order valence-electron chi connectivity index (χ2n) is 7.71. The number of rotatable bonds is 5. The number of amides is 2. The van der Waals surface area contributed by atoms with Crippen molar-refractivity contribution < 1.29 is 14.3 Å². The third kappa shape index (κ3) is 4.60. The van der Waals surface area contributed by atoms with Crippen LogP contribution in [0.3, 0.4) is 0 Å². The molecule has 1 atom stereocenters. The molecule has 7 heteroatoms. The highest BCUT2D eigenvalue weighted by Gasteiger charge is 2.29. The van der Waals surface area contributed by atoms with E-state index in [1.165, 1.54) is 0 Å². The van der Waals surface area contributed by atoms with Gasteiger partial charge in [-0.1, -0.05) is 36.4 Å². The normalized spacial score (nSPS) is 16.5. The Morgan fingerprint density at radius 1 is 1.10 bits per heavy atom. The van der Waals surface area contributed by atoms with Gasteiger partial charge in [0.15, 0.2) is 0 Å². The van der Waals surface area contributed by atoms with E-state index in [4.69, 9.17) is 4.74 Å². The molecule has 1 aromatic heterocycles. The summed E-state index contributed by atoms with van der Waals surface area (Å²) >= 11 is 0. The summed E-state index contributed by atoms with van der Waals surface area (Å²) in [4.78, 5) is 27.3. The van der Waals surface area contributed by atoms with Gasteiger partial charge in [0.05, 0.1) is 13.0 Å². The number of ether oxygens (including phenoxy) is 1. The molecule has 0 spiro atoms. The molecule has 7 nitrogen and oxygen atoms in total. The van der Waals surface area contributed by atoms with Crippen LogP contribution in [0.25, 0.3) is 11.1 Å². The Hall–Kier alpha value is -3.61. The minimum Gasteiger partial charge on any atom is -0.497 e. The molecule has 1 N–H and O–H groups in total. The molecule has 2 amide bonds. The molecule has 1 aliphatic rings. The number of aryl methyl sites for hydroxylation is 1. The second kappa shape index (κ2) is 9.04. The molecule has 3 aromatic rings. The third-order valence-corrected chi connectivity index (χ3v) is 5.68. The SMILES string of the molecule is COc1ccc(-c2ccc(C[C@@H]3CN(C(=O)c4ccnn4C)CCNC3=O)cc2)cc1. The van der Waals surface area contributed by atoms with Crippen LogP contribution in [-0.4, -0.2) is 53.2 Å². The Morgan fingerprint density at radius 3 is 2.39 bits per heavy atom. The lowest BCUT2D eigenvalue weighted by Crippen LogP contribution is -2.38. The van der Waals surface area contributed by atoms with Crippen molar-refractivity contribution >= 4 is 11.8 Å². The Kier molecular flexibility index (Phi) is 6.02. The molecule has 2 heterocycles. The first-order chi connectivity index (χ1) is 15.0. The summed E-state index contributed by atoms with van der Waals surface area (Å²) < 4.78 is 6.78. The van der Waals surface area contributed by atoms with E-state index in [1.807, 2.05) is 36.4 Å². The van der Waals surface area contributed by atoms with E-state index in [0.717, 1.165) is 22.4 Å². The number of nitrogens with one attached hydrogen (secondary N) is 1. The first kappa shape index (κ1) is 20.7. The van der Waals surface area contributed by atoms with Gasteiger partial charge in [-0.25, -0.2) is 0 Å². The number of carbonyl (C=O) groups excluding carboxylic acids is 2. The molecule has 0 aliphatic carbocycles. The summed E-state index contributed by atoms with van der Waals surface area (Å²) in [5.41, 5.74) is 3.79. The summed E-state index contributed by atoms with van der Waals surface area (Å²) in [6.07, 6.45) is 2.18. The van der Waals surface area contributed by atoms with E-state index < -0.39 is 0 Å². The number of benzene rings is 2. The highest BCUT2D eigenvalue weighted by atomic mass is 16.5. The van der Waals surface area contributed by atoms with Crippen molar-refractivity contribution in [2.45, 2.75) is 6.42 Å². The van der Waals surface area contributed by atoms with Crippen LogP contribution in [-0.2, 0) is 18.3 Å². The van der Waals surface area contributed by atoms with Gasteiger partial charge >= 0.3 is 0 Å². The molecule has 31 heavy (non-hydrogen) atoms. The van der Waals surface area contributed by atoms with Gasteiger partial charge in [0.1, 0.15) is 11.4 Å². The topological polar surface area (TPSA) is 76.5 Å². The van der Waals surface area contributed by atoms with Gasteiger partial charge in [0.25, 0.3) is 5.91 Å². The number of nitrogens with zero attached hydrogens (tertiary/aromatic N) is 3. The van der Waals surface area contributed by atoms with E-state index >= 15 is 0 Å². The summed E-state index contributed by atoms with van der Waals surface area (Å²) in [5.74, 6) is 0.410. The Bertz CT molecular complexity index is 1060. The predicted octanol–water partition coefficient (Wildman–Crippen LogP) is 2.53. The Balaban J connectivity index is 1.47. The number of hydrogen-bond acceptors (Lipinski definition) is 4. The molecule has 0 saturated carbocycles. The van der Waals surface area contributed by atoms with Gasteiger partial charge < -0.3 is 15.0 Å². The smallest absolute Gasteiger partial charge is 0.272 e. The predicted molar refractivity (Wildman–Crippen MR) is 118 cm³/mol. The zero-order chi connectivity index (χ0) is 21.8. The fourth-order valence-electron chi connectivity index (χ4n) is 3.89. The van der Waals surface area contributed by atoms with E-state index in [9.17, 15) is 9.59 Å². The molecule has 4 rings (SSSR count). The van der Waals surface area contributed by atoms with E-state index in [0.29, 0.717) is 31.7 Å². The first-order valence-electron chi connectivity index (χ1n) is 10.3. The molecular weight excluding hydrogens is 392 g/mol. The number of methoxy groups -OCH3 is 1. The zero-order valence-corrected chi connectivity index (χ0v) is 17.7. The van der Waals surface area contributed by atoms with E-state index in [2.05, 4.69) is 22.5 Å². The van der Waals surface area contributed by atoms with Gasteiger partial charge in [0, 0.05) is 32.9 Å². The van der Waals surface area contributed by atoms with Gasteiger partial charge in [-0.2, -0.15) is 5.10 Å². The zero-order valence-electron chi connectivity index (χ0n) is 17.7. The van der Waals surface area contributed by atoms with Crippen molar-refractivity contribution in [3.8, 4) is 16.9 Å². The van der Waals surface area contributed by atoms with Crippen molar-refractivity contribution in [1.29, 1.82) is 0 Å². The van der Waals surface area contributed by atoms with Crippen LogP contribution >= 0.6 is 0 Å². The van der Waals surface area contributed by atoms with Crippen molar-refractivity contribution in [3.63, 3.8) is 0 Å². The van der Waals surface area contributed by atoms with E-state index in [1.54, 1.807) is 36.0 Å². The molecule has 1 fully saturated rings. The minimum absolute atomic E-state index is 0.0143. The number of aromatic nitrogens is 2. The quantitative estimate of drug-likeness (QED) is 0.691. The summed E-state index contributed by atoms with van der Waals surface area (Å²) in [6.45, 7) is 1.33. The highest BCUT2D eigenvalue weighted by molar-refractivity contribution is 5.93. The van der Waals surface area contributed by atoms with Crippen LogP contribution < -0.4 is 10.1 Å². The van der Waals surface area contributed by atoms with E-state index in [-0.39, 0.29) is 17.7 Å². The molecule has 1 saturated heterocycles. The van der Waals surface area contributed by atoms with Crippen LogP contribution in [0, 0.1) is 5.92 Å². The average Bonchev–Trinajstić information content (AvgIpc) is 3.14. The Labute approximate surface area is 181 Å². The average molecular weight is 418 g/mol. The number of carbonyl (C=O) groups is 2. The lowest BCUT2D eigenvalue weighted by Gasteiger charge is -2.23. The van der Waals surface area contributed by atoms with Gasteiger partial charge in [-0.05, 0) is 41.3 Å². The van der Waals surface area contributed by atoms with Gasteiger partial charge in [-0.3, -0.25) is 14.3 Å². The fraction of sp³-hybridized carbons (Fsp3) is 0.292. The van der Waals surface area contributed by atoms with Gasteiger partial charge in [-0.15, -0.1) is 0 Å². The lowest BCUT2D eigenvalue weighted by molar-refractivity contribution is -0.124. The van der Waals surface area contributed by atoms with Crippen LogP contribution in [0.5, 0.6) is 5.75 Å². The van der Waals surface area contributed by atoms with Crippen LogP contribution in [0.4, 0.5) is 0 Å². The van der Waals surface area contributed by atoms with Crippen LogP contribution in [0.1, 0.15) is 16.1 Å². The maximum absolute atomic E-state index is 12.9. The summed E-state index contributed by atoms with van der Waals surface area (Å²) in [7, 11) is 3.40. The Morgan fingerprint density at radius 2 is 1.77 bits per heavy atom. The van der Waals surface area contributed by atoms with Crippen LogP contribution in [0.2, 0.25) is 0 Å². The largest absolute Gasteiger partial charge is 0.497 e. The monoisotopic (exact) mass is 418 g/mol. The van der Waals surface area contributed by atoms with Crippen molar-refractivity contribution in [1.82, 2.24) is 20.0 Å². The summed E-state index contributed by atoms with van der Waals surface area (Å²) in [6, 6.07) is 17.8. The van der Waals surface area contributed by atoms with Crippen molar-refractivity contribution in [2.75, 3.05) is 26.7 Å².